The van der Waals surface area contributed by atoms with Crippen molar-refractivity contribution in [2.45, 2.75) is 58.2 Å². The summed E-state index contributed by atoms with van der Waals surface area (Å²) in [6, 6.07) is 16.2. The first-order chi connectivity index (χ1) is 12.7. The number of aryl methyl sites for hydroxylation is 2. The Hall–Kier alpha value is -1.84. The third-order valence-corrected chi connectivity index (χ3v) is 5.55. The van der Waals surface area contributed by atoms with E-state index in [0.29, 0.717) is 12.1 Å². The molecule has 1 fully saturated rings. The molecule has 26 heavy (non-hydrogen) atoms. The zero-order valence-electron chi connectivity index (χ0n) is 16.3. The Balaban J connectivity index is 1.65. The van der Waals surface area contributed by atoms with Gasteiger partial charge in [-0.15, -0.1) is 0 Å². The lowest BCUT2D eigenvalue weighted by molar-refractivity contribution is 0.399. The molecule has 0 heterocycles. The Morgan fingerprint density at radius 2 is 1.73 bits per heavy atom. The molecule has 1 atom stereocenters. The van der Waals surface area contributed by atoms with E-state index in [1.807, 2.05) is 0 Å². The smallest absolute Gasteiger partial charge is 0.123 e. The van der Waals surface area contributed by atoms with E-state index in [0.717, 1.165) is 18.8 Å². The first-order valence-electron chi connectivity index (χ1n) is 9.83. The highest BCUT2D eigenvalue weighted by Crippen LogP contribution is 2.24. The van der Waals surface area contributed by atoms with Crippen molar-refractivity contribution in [2.24, 2.45) is 0 Å². The molecule has 3 nitrogen and oxygen atoms in total. The van der Waals surface area contributed by atoms with Crippen molar-refractivity contribution in [3.8, 4) is 5.75 Å². The van der Waals surface area contributed by atoms with Crippen molar-refractivity contribution in [3.05, 3.63) is 64.7 Å². The van der Waals surface area contributed by atoms with Gasteiger partial charge in [-0.25, -0.2) is 0 Å². The van der Waals surface area contributed by atoms with Crippen molar-refractivity contribution in [1.29, 1.82) is 0 Å². The van der Waals surface area contributed by atoms with Crippen LogP contribution in [-0.4, -0.2) is 19.7 Å². The van der Waals surface area contributed by atoms with Crippen LogP contribution in [0.25, 0.3) is 0 Å². The van der Waals surface area contributed by atoms with Gasteiger partial charge < -0.3 is 15.4 Å². The van der Waals surface area contributed by atoms with Gasteiger partial charge in [-0.05, 0) is 49.4 Å². The van der Waals surface area contributed by atoms with Gasteiger partial charge in [0.1, 0.15) is 5.75 Å². The molecule has 0 amide bonds. The van der Waals surface area contributed by atoms with Gasteiger partial charge in [0.15, 0.2) is 0 Å². The van der Waals surface area contributed by atoms with E-state index in [4.69, 9.17) is 4.74 Å². The predicted molar refractivity (Wildman–Crippen MR) is 109 cm³/mol. The van der Waals surface area contributed by atoms with Crippen molar-refractivity contribution in [1.82, 2.24) is 10.6 Å². The monoisotopic (exact) mass is 352 g/mol. The summed E-state index contributed by atoms with van der Waals surface area (Å²) in [4.78, 5) is 0. The molecule has 1 aliphatic carbocycles. The average Bonchev–Trinajstić information content (AvgIpc) is 3.17. The molecule has 0 saturated heterocycles. The van der Waals surface area contributed by atoms with Crippen LogP contribution in [0.1, 0.15) is 54.0 Å². The molecule has 0 spiro atoms. The molecular formula is C23H32N2O. The van der Waals surface area contributed by atoms with Crippen molar-refractivity contribution in [2.75, 3.05) is 13.7 Å². The highest BCUT2D eigenvalue weighted by molar-refractivity contribution is 5.41. The Morgan fingerprint density at radius 3 is 2.42 bits per heavy atom. The third kappa shape index (κ3) is 4.87. The van der Waals surface area contributed by atoms with Crippen LogP contribution in [0.3, 0.4) is 0 Å². The summed E-state index contributed by atoms with van der Waals surface area (Å²) in [6.07, 6.45) is 5.31. The number of hydrogen-bond acceptors (Lipinski definition) is 3. The topological polar surface area (TPSA) is 33.3 Å². The average molecular weight is 353 g/mol. The number of rotatable bonds is 8. The number of hydrogen-bond donors (Lipinski definition) is 2. The van der Waals surface area contributed by atoms with E-state index >= 15 is 0 Å². The van der Waals surface area contributed by atoms with Crippen molar-refractivity contribution < 1.29 is 4.74 Å². The fourth-order valence-corrected chi connectivity index (χ4v) is 3.86. The lowest BCUT2D eigenvalue weighted by Crippen LogP contribution is -2.37. The van der Waals surface area contributed by atoms with Gasteiger partial charge in [-0.2, -0.15) is 0 Å². The summed E-state index contributed by atoms with van der Waals surface area (Å²) < 4.78 is 5.58. The molecule has 1 aliphatic rings. The SMILES string of the molecule is COc1cc(C)c(C)cc1CNCC(NC1CCCC1)c1ccccc1. The second-order valence-corrected chi connectivity index (χ2v) is 7.49. The summed E-state index contributed by atoms with van der Waals surface area (Å²) in [5.41, 5.74) is 5.17. The Morgan fingerprint density at radius 1 is 1.04 bits per heavy atom. The molecule has 3 heteroatoms. The van der Waals surface area contributed by atoms with E-state index in [1.54, 1.807) is 7.11 Å². The highest BCUT2D eigenvalue weighted by atomic mass is 16.5. The zero-order valence-corrected chi connectivity index (χ0v) is 16.3. The molecule has 2 aromatic carbocycles. The van der Waals surface area contributed by atoms with E-state index < -0.39 is 0 Å². The molecule has 0 aliphatic heterocycles. The van der Waals surface area contributed by atoms with Crippen LogP contribution >= 0.6 is 0 Å². The lowest BCUT2D eigenvalue weighted by Gasteiger charge is -2.24. The van der Waals surface area contributed by atoms with Crippen LogP contribution in [0.15, 0.2) is 42.5 Å². The Labute approximate surface area is 158 Å². The summed E-state index contributed by atoms with van der Waals surface area (Å²) in [6.45, 7) is 6.02. The minimum Gasteiger partial charge on any atom is -0.496 e. The van der Waals surface area contributed by atoms with E-state index in [9.17, 15) is 0 Å². The van der Waals surface area contributed by atoms with E-state index in [-0.39, 0.29) is 0 Å². The third-order valence-electron chi connectivity index (χ3n) is 5.55. The van der Waals surface area contributed by atoms with Crippen molar-refractivity contribution >= 4 is 0 Å². The number of nitrogens with one attached hydrogen (secondary N) is 2. The van der Waals surface area contributed by atoms with Gasteiger partial charge >= 0.3 is 0 Å². The minimum absolute atomic E-state index is 0.344. The van der Waals surface area contributed by atoms with Gasteiger partial charge in [0.2, 0.25) is 0 Å². The zero-order chi connectivity index (χ0) is 18.4. The first kappa shape index (κ1) is 18.9. The maximum Gasteiger partial charge on any atom is 0.123 e. The van der Waals surface area contributed by atoms with Gasteiger partial charge in [-0.1, -0.05) is 49.2 Å². The standard InChI is InChI=1S/C23H32N2O/c1-17-13-20(23(26-3)14-18(17)2)15-24-16-22(19-9-5-4-6-10-19)25-21-11-7-8-12-21/h4-6,9-10,13-14,21-22,24-25H,7-8,11-12,15-16H2,1-3H3. The number of ether oxygens (including phenoxy) is 1. The maximum atomic E-state index is 5.58. The van der Waals surface area contributed by atoms with E-state index in [2.05, 4.69) is 66.9 Å². The second kappa shape index (κ2) is 9.20. The highest BCUT2D eigenvalue weighted by Gasteiger charge is 2.20. The first-order valence-corrected chi connectivity index (χ1v) is 9.83. The maximum absolute atomic E-state index is 5.58. The number of benzene rings is 2. The van der Waals surface area contributed by atoms with Crippen LogP contribution in [0.4, 0.5) is 0 Å². The Kier molecular flexibility index (Phi) is 6.70. The predicted octanol–water partition coefficient (Wildman–Crippen LogP) is 4.68. The van der Waals surface area contributed by atoms with E-state index in [1.165, 1.54) is 47.9 Å². The largest absolute Gasteiger partial charge is 0.496 e. The fourth-order valence-electron chi connectivity index (χ4n) is 3.86. The Bertz CT molecular complexity index is 693. The molecular weight excluding hydrogens is 320 g/mol. The van der Waals surface area contributed by atoms with Gasteiger partial charge in [-0.3, -0.25) is 0 Å². The van der Waals surface area contributed by atoms with Crippen LogP contribution < -0.4 is 15.4 Å². The minimum atomic E-state index is 0.344. The summed E-state index contributed by atoms with van der Waals surface area (Å²) in [5.74, 6) is 0.973. The summed E-state index contributed by atoms with van der Waals surface area (Å²) >= 11 is 0. The molecule has 140 valence electrons. The normalized spacial score (nSPS) is 16.0. The lowest BCUT2D eigenvalue weighted by atomic mass is 10.0. The second-order valence-electron chi connectivity index (χ2n) is 7.49. The summed E-state index contributed by atoms with van der Waals surface area (Å²) in [5, 5.41) is 7.53. The molecule has 0 radical (unpaired) electrons. The molecule has 3 rings (SSSR count). The van der Waals surface area contributed by atoms with Crippen LogP contribution in [0.2, 0.25) is 0 Å². The molecule has 1 unspecified atom stereocenters. The van der Waals surface area contributed by atoms with Gasteiger partial charge in [0, 0.05) is 30.7 Å². The van der Waals surface area contributed by atoms with Crippen LogP contribution in [-0.2, 0) is 6.54 Å². The molecule has 2 aromatic rings. The van der Waals surface area contributed by atoms with Gasteiger partial charge in [0.05, 0.1) is 7.11 Å². The fraction of sp³-hybridized carbons (Fsp3) is 0.478. The number of methoxy groups -OCH3 is 1. The van der Waals surface area contributed by atoms with Crippen LogP contribution in [0, 0.1) is 13.8 Å². The molecule has 0 aromatic heterocycles. The summed E-state index contributed by atoms with van der Waals surface area (Å²) in [7, 11) is 1.75. The molecule has 2 N–H and O–H groups in total. The molecule has 1 saturated carbocycles. The van der Waals surface area contributed by atoms with Crippen LogP contribution in [0.5, 0.6) is 5.75 Å². The quantitative estimate of drug-likeness (QED) is 0.724. The van der Waals surface area contributed by atoms with Crippen molar-refractivity contribution in [3.63, 3.8) is 0 Å². The van der Waals surface area contributed by atoms with Gasteiger partial charge in [0.25, 0.3) is 0 Å². The molecule has 0 bridgehead atoms.